The average Bonchev–Trinajstić information content (AvgIpc) is 3.24. The zero-order chi connectivity index (χ0) is 26.3. The minimum atomic E-state index is -0.537. The molecule has 0 aliphatic carbocycles. The number of hydrogen-bond acceptors (Lipinski definition) is 6. The first-order chi connectivity index (χ1) is 18.6. The van der Waals surface area contributed by atoms with Crippen molar-refractivity contribution in [1.82, 2.24) is 14.9 Å². The van der Waals surface area contributed by atoms with Crippen LogP contribution >= 0.6 is 0 Å². The number of piperidine rings is 1. The normalized spacial score (nSPS) is 18.8. The summed E-state index contributed by atoms with van der Waals surface area (Å²) in [6, 6.07) is 26.7. The Bertz CT molecular complexity index is 1150. The van der Waals surface area contributed by atoms with Gasteiger partial charge in [-0.25, -0.2) is 19.6 Å². The van der Waals surface area contributed by atoms with E-state index < -0.39 is 12.2 Å². The molecule has 2 amide bonds. The van der Waals surface area contributed by atoms with Crippen LogP contribution in [0.3, 0.4) is 0 Å². The number of amides is 2. The van der Waals surface area contributed by atoms with Gasteiger partial charge >= 0.3 is 12.2 Å². The van der Waals surface area contributed by atoms with Gasteiger partial charge in [0.05, 0.1) is 19.2 Å². The van der Waals surface area contributed by atoms with Crippen molar-refractivity contribution in [3.8, 4) is 5.75 Å². The number of likely N-dealkylation sites (tertiary alicyclic amines) is 1. The molecule has 0 aromatic heterocycles. The third-order valence-electron chi connectivity index (χ3n) is 7.08. The minimum Gasteiger partial charge on any atom is -0.496 e. The first kappa shape index (κ1) is 25.6. The number of hydrazine groups is 1. The highest BCUT2D eigenvalue weighted by Gasteiger charge is 2.50. The maximum Gasteiger partial charge on any atom is 0.429 e. The zero-order valence-corrected chi connectivity index (χ0v) is 21.6. The van der Waals surface area contributed by atoms with E-state index in [2.05, 4.69) is 11.0 Å². The maximum atomic E-state index is 13.3. The highest BCUT2D eigenvalue weighted by atomic mass is 16.6. The Morgan fingerprint density at radius 1 is 0.737 bits per heavy atom. The molecule has 0 N–H and O–H groups in total. The molecule has 3 aromatic carbocycles. The van der Waals surface area contributed by atoms with Gasteiger partial charge in [-0.2, -0.15) is 0 Å². The molecule has 8 heteroatoms. The van der Waals surface area contributed by atoms with E-state index in [-0.39, 0.29) is 25.3 Å². The Labute approximate surface area is 223 Å². The summed E-state index contributed by atoms with van der Waals surface area (Å²) in [5, 5.41) is 2.95. The standard InChI is InChI=1S/C30H33N3O5/c1-36-28-15-9-8-14-25(28)16-17-31-19-26-18-27(20-31)33(30(35)38-22-24-12-6-3-7-13-24)32(26)29(34)37-21-23-10-4-2-5-11-23/h2-15,26-27H,16-22H2,1H3. The van der Waals surface area contributed by atoms with Crippen molar-refractivity contribution in [3.63, 3.8) is 0 Å². The molecule has 2 aliphatic heterocycles. The number of carbonyl (C=O) groups is 2. The second-order valence-corrected chi connectivity index (χ2v) is 9.63. The second-order valence-electron chi connectivity index (χ2n) is 9.63. The van der Waals surface area contributed by atoms with E-state index in [1.165, 1.54) is 10.0 Å². The summed E-state index contributed by atoms with van der Waals surface area (Å²) < 4.78 is 16.8. The Hall–Kier alpha value is -4.04. The lowest BCUT2D eigenvalue weighted by Gasteiger charge is -2.30. The van der Waals surface area contributed by atoms with Crippen molar-refractivity contribution in [2.75, 3.05) is 26.7 Å². The molecule has 8 nitrogen and oxygen atoms in total. The van der Waals surface area contributed by atoms with Crippen LogP contribution in [0.5, 0.6) is 5.75 Å². The molecule has 2 unspecified atom stereocenters. The lowest BCUT2D eigenvalue weighted by atomic mass is 10.0. The van der Waals surface area contributed by atoms with Gasteiger partial charge in [-0.05, 0) is 35.6 Å². The number of nitrogens with zero attached hydrogens (tertiary/aromatic N) is 3. The Balaban J connectivity index is 1.29. The Kier molecular flexibility index (Phi) is 8.09. The van der Waals surface area contributed by atoms with Crippen LogP contribution in [-0.2, 0) is 29.1 Å². The van der Waals surface area contributed by atoms with Crippen molar-refractivity contribution < 1.29 is 23.8 Å². The molecule has 3 aromatic rings. The van der Waals surface area contributed by atoms with Crippen molar-refractivity contribution in [2.45, 2.75) is 38.1 Å². The lowest BCUT2D eigenvalue weighted by molar-refractivity contribution is -0.0199. The average molecular weight is 516 g/mol. The van der Waals surface area contributed by atoms with Crippen LogP contribution in [0.15, 0.2) is 84.9 Å². The molecular formula is C30H33N3O5. The first-order valence-corrected chi connectivity index (χ1v) is 13.0. The van der Waals surface area contributed by atoms with Gasteiger partial charge in [0, 0.05) is 19.6 Å². The zero-order valence-electron chi connectivity index (χ0n) is 21.6. The van der Waals surface area contributed by atoms with Gasteiger partial charge < -0.3 is 14.2 Å². The van der Waals surface area contributed by atoms with Gasteiger partial charge in [-0.3, -0.25) is 4.90 Å². The third-order valence-corrected chi connectivity index (χ3v) is 7.08. The summed E-state index contributed by atoms with van der Waals surface area (Å²) >= 11 is 0. The number of methoxy groups -OCH3 is 1. The van der Waals surface area contributed by atoms with Crippen molar-refractivity contribution in [2.24, 2.45) is 0 Å². The molecule has 0 spiro atoms. The molecule has 2 aliphatic rings. The fraction of sp³-hybridized carbons (Fsp3) is 0.333. The molecule has 0 radical (unpaired) electrons. The van der Waals surface area contributed by atoms with E-state index in [0.29, 0.717) is 19.5 Å². The van der Waals surface area contributed by atoms with E-state index in [1.54, 1.807) is 7.11 Å². The summed E-state index contributed by atoms with van der Waals surface area (Å²) in [7, 11) is 1.68. The molecule has 0 saturated carbocycles. The minimum absolute atomic E-state index is 0.137. The number of fused-ring (bicyclic) bond motifs is 2. The molecule has 2 fully saturated rings. The van der Waals surface area contributed by atoms with Gasteiger partial charge in [0.25, 0.3) is 0 Å². The van der Waals surface area contributed by atoms with Crippen molar-refractivity contribution in [3.05, 3.63) is 102 Å². The maximum absolute atomic E-state index is 13.3. The van der Waals surface area contributed by atoms with Gasteiger partial charge in [-0.15, -0.1) is 0 Å². The van der Waals surface area contributed by atoms with E-state index in [1.807, 2.05) is 78.9 Å². The Morgan fingerprint density at radius 2 is 1.24 bits per heavy atom. The van der Waals surface area contributed by atoms with E-state index >= 15 is 0 Å². The molecule has 198 valence electrons. The SMILES string of the molecule is COc1ccccc1CCN1CC2CC(C1)N(C(=O)OCc1ccccc1)N2C(=O)OCc1ccccc1. The molecule has 2 atom stereocenters. The van der Waals surface area contributed by atoms with Crippen LogP contribution in [0, 0.1) is 0 Å². The summed E-state index contributed by atoms with van der Waals surface area (Å²) in [4.78, 5) is 29.0. The van der Waals surface area contributed by atoms with Crippen LogP contribution in [0.2, 0.25) is 0 Å². The number of rotatable bonds is 8. The molecule has 2 bridgehead atoms. The van der Waals surface area contributed by atoms with Gasteiger partial charge in [0.1, 0.15) is 19.0 Å². The highest BCUT2D eigenvalue weighted by molar-refractivity contribution is 5.76. The highest BCUT2D eigenvalue weighted by Crippen LogP contribution is 2.33. The van der Waals surface area contributed by atoms with Gasteiger partial charge in [0.15, 0.2) is 0 Å². The number of para-hydroxylation sites is 1. The summed E-state index contributed by atoms with van der Waals surface area (Å²) in [6.45, 7) is 2.35. The molecule has 2 heterocycles. The monoisotopic (exact) mass is 515 g/mol. The summed E-state index contributed by atoms with van der Waals surface area (Å²) in [5.74, 6) is 0.865. The first-order valence-electron chi connectivity index (χ1n) is 13.0. The number of carbonyl (C=O) groups excluding carboxylic acids is 2. The molecular weight excluding hydrogens is 482 g/mol. The number of ether oxygens (including phenoxy) is 3. The summed E-state index contributed by atoms with van der Waals surface area (Å²) in [6.07, 6.45) is 0.418. The Morgan fingerprint density at radius 3 is 1.76 bits per heavy atom. The molecule has 38 heavy (non-hydrogen) atoms. The second kappa shape index (κ2) is 12.0. The van der Waals surface area contributed by atoms with E-state index in [0.717, 1.165) is 35.4 Å². The van der Waals surface area contributed by atoms with E-state index in [9.17, 15) is 9.59 Å². The molecule has 5 rings (SSSR count). The van der Waals surface area contributed by atoms with Crippen LogP contribution in [0.4, 0.5) is 9.59 Å². The molecule has 2 saturated heterocycles. The van der Waals surface area contributed by atoms with Crippen molar-refractivity contribution >= 4 is 12.2 Å². The smallest absolute Gasteiger partial charge is 0.429 e. The number of benzene rings is 3. The predicted molar refractivity (Wildman–Crippen MR) is 142 cm³/mol. The van der Waals surface area contributed by atoms with Crippen LogP contribution in [-0.4, -0.2) is 65.9 Å². The van der Waals surface area contributed by atoms with E-state index in [4.69, 9.17) is 14.2 Å². The lowest BCUT2D eigenvalue weighted by Crippen LogP contribution is -2.50. The third kappa shape index (κ3) is 5.92. The topological polar surface area (TPSA) is 71.6 Å². The van der Waals surface area contributed by atoms with Crippen LogP contribution in [0.1, 0.15) is 23.1 Å². The fourth-order valence-electron chi connectivity index (χ4n) is 5.26. The van der Waals surface area contributed by atoms with Crippen LogP contribution < -0.4 is 4.74 Å². The largest absolute Gasteiger partial charge is 0.496 e. The quantitative estimate of drug-likeness (QED) is 0.426. The van der Waals surface area contributed by atoms with Crippen molar-refractivity contribution in [1.29, 1.82) is 0 Å². The summed E-state index contributed by atoms with van der Waals surface area (Å²) in [5.41, 5.74) is 2.91. The van der Waals surface area contributed by atoms with Gasteiger partial charge in [0.2, 0.25) is 0 Å². The fourth-order valence-corrected chi connectivity index (χ4v) is 5.26. The van der Waals surface area contributed by atoms with Crippen LogP contribution in [0.25, 0.3) is 0 Å². The van der Waals surface area contributed by atoms with Gasteiger partial charge in [-0.1, -0.05) is 78.9 Å². The number of hydrogen-bond donors (Lipinski definition) is 0. The predicted octanol–water partition coefficient (Wildman–Crippen LogP) is 4.89.